The topological polar surface area (TPSA) is 50.5 Å². The van der Waals surface area contributed by atoms with Crippen molar-refractivity contribution < 1.29 is 21.6 Å². The van der Waals surface area contributed by atoms with E-state index in [0.29, 0.717) is 23.7 Å². The summed E-state index contributed by atoms with van der Waals surface area (Å²) in [4.78, 5) is -0.678. The average Bonchev–Trinajstić information content (AvgIpc) is 3.04. The van der Waals surface area contributed by atoms with Crippen LogP contribution in [0.25, 0.3) is 0 Å². The molecule has 0 saturated heterocycles. The van der Waals surface area contributed by atoms with Gasteiger partial charge in [-0.1, -0.05) is 6.92 Å². The maximum Gasteiger partial charge on any atom is 0.246 e. The van der Waals surface area contributed by atoms with Gasteiger partial charge in [0.15, 0.2) is 0 Å². The Kier molecular flexibility index (Phi) is 4.01. The highest BCUT2D eigenvalue weighted by atomic mass is 32.2. The van der Waals surface area contributed by atoms with Gasteiger partial charge in [-0.3, -0.25) is 0 Å². The minimum Gasteiger partial charge on any atom is -0.464 e. The van der Waals surface area contributed by atoms with E-state index in [-0.39, 0.29) is 6.54 Å². The molecule has 0 aliphatic heterocycles. The molecule has 0 N–H and O–H groups in total. The molecule has 2 atom stereocenters. The van der Waals surface area contributed by atoms with Crippen LogP contribution in [0.2, 0.25) is 0 Å². The van der Waals surface area contributed by atoms with Crippen molar-refractivity contribution in [3.05, 3.63) is 53.5 Å². The van der Waals surface area contributed by atoms with Gasteiger partial charge >= 0.3 is 0 Å². The van der Waals surface area contributed by atoms with Crippen molar-refractivity contribution in [3.8, 4) is 0 Å². The molecule has 1 heterocycles. The second-order valence-electron chi connectivity index (χ2n) is 5.96. The Bertz CT molecular complexity index is 832. The first-order valence-corrected chi connectivity index (χ1v) is 8.73. The van der Waals surface area contributed by atoms with Crippen molar-refractivity contribution in [1.82, 2.24) is 4.31 Å². The molecule has 2 aromatic rings. The molecular formula is C16H17F2NO3S. The molecule has 0 bridgehead atoms. The molecule has 124 valence electrons. The fraction of sp³-hybridized carbons (Fsp3) is 0.375. The van der Waals surface area contributed by atoms with Crippen molar-refractivity contribution in [2.24, 2.45) is 5.92 Å². The van der Waals surface area contributed by atoms with E-state index < -0.39 is 26.6 Å². The smallest absolute Gasteiger partial charge is 0.246 e. The summed E-state index contributed by atoms with van der Waals surface area (Å²) in [6, 6.07) is 5.92. The van der Waals surface area contributed by atoms with Crippen molar-refractivity contribution in [2.75, 3.05) is 7.05 Å². The second kappa shape index (κ2) is 5.72. The van der Waals surface area contributed by atoms with Gasteiger partial charge in [0.25, 0.3) is 0 Å². The van der Waals surface area contributed by atoms with E-state index in [1.807, 2.05) is 6.07 Å². The van der Waals surface area contributed by atoms with E-state index in [4.69, 9.17) is 4.42 Å². The number of hydrogen-bond acceptors (Lipinski definition) is 3. The van der Waals surface area contributed by atoms with Gasteiger partial charge in [-0.25, -0.2) is 17.2 Å². The van der Waals surface area contributed by atoms with Gasteiger partial charge in [-0.2, -0.15) is 4.31 Å². The van der Waals surface area contributed by atoms with Crippen LogP contribution in [0.5, 0.6) is 0 Å². The lowest BCUT2D eigenvalue weighted by Gasteiger charge is -2.16. The molecule has 1 aromatic heterocycles. The zero-order valence-corrected chi connectivity index (χ0v) is 13.6. The number of sulfonamides is 1. The van der Waals surface area contributed by atoms with E-state index in [9.17, 15) is 17.2 Å². The quantitative estimate of drug-likeness (QED) is 0.836. The SMILES string of the molecule is C[C@H]1C[C@H]1c1ccc(CN(C)S(=O)(=O)c2cc(F)ccc2F)o1. The fourth-order valence-electron chi connectivity index (χ4n) is 2.54. The molecule has 23 heavy (non-hydrogen) atoms. The molecule has 1 aromatic carbocycles. The van der Waals surface area contributed by atoms with E-state index >= 15 is 0 Å². The third-order valence-electron chi connectivity index (χ3n) is 4.12. The Labute approximate surface area is 133 Å². The summed E-state index contributed by atoms with van der Waals surface area (Å²) in [5.41, 5.74) is 0. The number of benzene rings is 1. The molecule has 1 aliphatic carbocycles. The van der Waals surface area contributed by atoms with E-state index in [1.165, 1.54) is 7.05 Å². The van der Waals surface area contributed by atoms with Crippen LogP contribution >= 0.6 is 0 Å². The molecular weight excluding hydrogens is 324 g/mol. The lowest BCUT2D eigenvalue weighted by atomic mass is 10.3. The maximum absolute atomic E-state index is 13.7. The summed E-state index contributed by atoms with van der Waals surface area (Å²) in [5, 5.41) is 0. The average molecular weight is 341 g/mol. The summed E-state index contributed by atoms with van der Waals surface area (Å²) in [6.45, 7) is 2.08. The molecule has 7 heteroatoms. The molecule has 0 spiro atoms. The van der Waals surface area contributed by atoms with Gasteiger partial charge in [0.1, 0.15) is 28.1 Å². The standard InChI is InChI=1S/C16H17F2NO3S/c1-10-7-13(10)15-6-4-12(22-15)9-19(2)23(20,21)16-8-11(17)3-5-14(16)18/h3-6,8,10,13H,7,9H2,1-2H3/t10-,13+/m0/s1. The number of rotatable bonds is 5. The lowest BCUT2D eigenvalue weighted by Crippen LogP contribution is -2.27. The van der Waals surface area contributed by atoms with Gasteiger partial charge in [0, 0.05) is 13.0 Å². The van der Waals surface area contributed by atoms with Crippen LogP contribution in [-0.2, 0) is 16.6 Å². The lowest BCUT2D eigenvalue weighted by molar-refractivity contribution is 0.388. The van der Waals surface area contributed by atoms with Crippen LogP contribution in [0.15, 0.2) is 39.6 Å². The second-order valence-corrected chi connectivity index (χ2v) is 7.97. The van der Waals surface area contributed by atoms with Gasteiger partial charge in [-0.15, -0.1) is 0 Å². The molecule has 4 nitrogen and oxygen atoms in total. The van der Waals surface area contributed by atoms with Crippen molar-refractivity contribution in [3.63, 3.8) is 0 Å². The summed E-state index contributed by atoms with van der Waals surface area (Å²) < 4.78 is 58.4. The summed E-state index contributed by atoms with van der Waals surface area (Å²) >= 11 is 0. The van der Waals surface area contributed by atoms with Gasteiger partial charge in [-0.05, 0) is 42.7 Å². The predicted molar refractivity (Wildman–Crippen MR) is 80.2 cm³/mol. The van der Waals surface area contributed by atoms with Crippen LogP contribution in [0.4, 0.5) is 8.78 Å². The normalized spacial score (nSPS) is 20.9. The third-order valence-corrected chi connectivity index (χ3v) is 5.94. The van der Waals surface area contributed by atoms with Gasteiger partial charge in [0.2, 0.25) is 10.0 Å². The zero-order valence-electron chi connectivity index (χ0n) is 12.8. The minimum absolute atomic E-state index is 0.0423. The van der Waals surface area contributed by atoms with Gasteiger partial charge in [0.05, 0.1) is 6.54 Å². The monoisotopic (exact) mass is 341 g/mol. The van der Waals surface area contributed by atoms with Crippen LogP contribution in [0, 0.1) is 17.6 Å². The molecule has 3 rings (SSSR count). The number of furan rings is 1. The number of nitrogens with zero attached hydrogens (tertiary/aromatic N) is 1. The Hall–Kier alpha value is -1.73. The molecule has 0 unspecified atom stereocenters. The largest absolute Gasteiger partial charge is 0.464 e. The van der Waals surface area contributed by atoms with Crippen molar-refractivity contribution in [1.29, 1.82) is 0 Å². The summed E-state index contributed by atoms with van der Waals surface area (Å²) in [7, 11) is -2.83. The van der Waals surface area contributed by atoms with Crippen LogP contribution in [-0.4, -0.2) is 19.8 Å². The number of hydrogen-bond donors (Lipinski definition) is 0. The highest BCUT2D eigenvalue weighted by Gasteiger charge is 2.36. The first-order valence-electron chi connectivity index (χ1n) is 7.29. The molecule has 0 amide bonds. The Balaban J connectivity index is 1.80. The van der Waals surface area contributed by atoms with E-state index in [1.54, 1.807) is 6.07 Å². The van der Waals surface area contributed by atoms with Crippen LogP contribution in [0.1, 0.15) is 30.8 Å². The van der Waals surface area contributed by atoms with Gasteiger partial charge < -0.3 is 4.42 Å². The Morgan fingerprint density at radius 2 is 1.96 bits per heavy atom. The molecule has 1 fully saturated rings. The van der Waals surface area contributed by atoms with Crippen LogP contribution < -0.4 is 0 Å². The summed E-state index contributed by atoms with van der Waals surface area (Å²) in [6.07, 6.45) is 1.07. The van der Waals surface area contributed by atoms with Crippen LogP contribution in [0.3, 0.4) is 0 Å². The molecule has 1 saturated carbocycles. The highest BCUT2D eigenvalue weighted by molar-refractivity contribution is 7.89. The highest BCUT2D eigenvalue weighted by Crippen LogP contribution is 2.47. The Morgan fingerprint density at radius 3 is 2.61 bits per heavy atom. The third kappa shape index (κ3) is 3.16. The minimum atomic E-state index is -4.14. The molecule has 0 radical (unpaired) electrons. The Morgan fingerprint density at radius 1 is 1.26 bits per heavy atom. The van der Waals surface area contributed by atoms with Crippen molar-refractivity contribution in [2.45, 2.75) is 30.7 Å². The van der Waals surface area contributed by atoms with E-state index in [2.05, 4.69) is 6.92 Å². The first kappa shape index (κ1) is 16.1. The van der Waals surface area contributed by atoms with E-state index in [0.717, 1.165) is 28.6 Å². The molecule has 1 aliphatic rings. The zero-order chi connectivity index (χ0) is 16.8. The fourth-order valence-corrected chi connectivity index (χ4v) is 3.75. The first-order chi connectivity index (χ1) is 10.8. The predicted octanol–water partition coefficient (Wildman–Crippen LogP) is 3.50. The maximum atomic E-state index is 13.7. The summed E-state index contributed by atoms with van der Waals surface area (Å²) in [5.74, 6) is 0.506. The number of halogens is 2. The van der Waals surface area contributed by atoms with Crippen molar-refractivity contribution >= 4 is 10.0 Å².